The molecule has 0 bridgehead atoms. The average Bonchev–Trinajstić information content (AvgIpc) is 2.55. The Bertz CT molecular complexity index is 733. The van der Waals surface area contributed by atoms with E-state index in [4.69, 9.17) is 0 Å². The highest BCUT2D eigenvalue weighted by Crippen LogP contribution is 2.20. The predicted molar refractivity (Wildman–Crippen MR) is 89.4 cm³/mol. The third-order valence-corrected chi connectivity index (χ3v) is 3.30. The summed E-state index contributed by atoms with van der Waals surface area (Å²) in [6.07, 6.45) is 0.137. The second kappa shape index (κ2) is 8.77. The van der Waals surface area contributed by atoms with E-state index in [2.05, 4.69) is 15.4 Å². The zero-order valence-electron chi connectivity index (χ0n) is 13.6. The minimum atomic E-state index is -2.92. The number of amides is 2. The van der Waals surface area contributed by atoms with Crippen LogP contribution in [0.3, 0.4) is 0 Å². The molecule has 0 unspecified atom stereocenters. The van der Waals surface area contributed by atoms with E-state index in [1.807, 2.05) is 0 Å². The topological polar surface area (TPSA) is 67.4 Å². The Morgan fingerprint density at radius 1 is 1.08 bits per heavy atom. The lowest BCUT2D eigenvalue weighted by atomic mass is 10.1. The van der Waals surface area contributed by atoms with Gasteiger partial charge >= 0.3 is 6.61 Å². The van der Waals surface area contributed by atoms with E-state index in [1.165, 1.54) is 13.0 Å². The maximum Gasteiger partial charge on any atom is 0.387 e. The summed E-state index contributed by atoms with van der Waals surface area (Å²) in [6.45, 7) is -1.41. The summed E-state index contributed by atoms with van der Waals surface area (Å²) >= 11 is 0. The van der Waals surface area contributed by atoms with Gasteiger partial charge in [-0.2, -0.15) is 8.78 Å². The van der Waals surface area contributed by atoms with Crippen molar-refractivity contribution in [1.29, 1.82) is 0 Å². The monoisotopic (exact) mass is 348 g/mol. The van der Waals surface area contributed by atoms with Crippen LogP contribution in [0.25, 0.3) is 0 Å². The second-order valence-electron chi connectivity index (χ2n) is 5.32. The summed E-state index contributed by atoms with van der Waals surface area (Å²) in [5, 5.41) is 5.31. The van der Waals surface area contributed by atoms with Crippen molar-refractivity contribution in [2.75, 3.05) is 5.32 Å². The molecule has 2 aromatic rings. The first-order valence-corrected chi connectivity index (χ1v) is 7.60. The van der Waals surface area contributed by atoms with E-state index in [0.29, 0.717) is 11.3 Å². The van der Waals surface area contributed by atoms with Crippen LogP contribution in [0.4, 0.5) is 14.5 Å². The zero-order chi connectivity index (χ0) is 18.2. The van der Waals surface area contributed by atoms with Crippen LogP contribution in [0.1, 0.15) is 18.1 Å². The number of carbonyl (C=O) groups excluding carboxylic acids is 2. The lowest BCUT2D eigenvalue weighted by Crippen LogP contribution is -2.25. The van der Waals surface area contributed by atoms with E-state index >= 15 is 0 Å². The Hall–Kier alpha value is -2.96. The molecule has 2 rings (SSSR count). The summed E-state index contributed by atoms with van der Waals surface area (Å²) in [7, 11) is 0. The Morgan fingerprint density at radius 3 is 2.40 bits per heavy atom. The van der Waals surface area contributed by atoms with E-state index in [0.717, 1.165) is 5.56 Å². The van der Waals surface area contributed by atoms with Crippen LogP contribution < -0.4 is 15.4 Å². The molecule has 0 heterocycles. The molecule has 0 fully saturated rings. The van der Waals surface area contributed by atoms with Crippen LogP contribution >= 0.6 is 0 Å². The first kappa shape index (κ1) is 18.4. The first-order valence-electron chi connectivity index (χ1n) is 7.60. The average molecular weight is 348 g/mol. The Labute approximate surface area is 144 Å². The van der Waals surface area contributed by atoms with Gasteiger partial charge in [-0.1, -0.05) is 30.3 Å². The molecule has 0 saturated carbocycles. The van der Waals surface area contributed by atoms with Crippen LogP contribution in [0.15, 0.2) is 48.5 Å². The van der Waals surface area contributed by atoms with E-state index in [-0.39, 0.29) is 30.5 Å². The molecule has 132 valence electrons. The molecule has 0 aliphatic rings. The fourth-order valence-corrected chi connectivity index (χ4v) is 2.21. The van der Waals surface area contributed by atoms with Gasteiger partial charge in [0.05, 0.1) is 6.42 Å². The third-order valence-electron chi connectivity index (χ3n) is 3.30. The number of hydrogen-bond acceptors (Lipinski definition) is 3. The molecule has 0 atom stereocenters. The number of alkyl halides is 2. The summed E-state index contributed by atoms with van der Waals surface area (Å²) in [6, 6.07) is 13.2. The number of benzene rings is 2. The van der Waals surface area contributed by atoms with Crippen molar-refractivity contribution < 1.29 is 23.1 Å². The number of ether oxygens (including phenoxy) is 1. The van der Waals surface area contributed by atoms with Crippen molar-refractivity contribution in [1.82, 2.24) is 5.32 Å². The fraction of sp³-hybridized carbons (Fsp3) is 0.222. The van der Waals surface area contributed by atoms with Crippen LogP contribution in [-0.2, 0) is 22.6 Å². The van der Waals surface area contributed by atoms with Gasteiger partial charge in [0.2, 0.25) is 11.8 Å². The van der Waals surface area contributed by atoms with Gasteiger partial charge in [-0.25, -0.2) is 0 Å². The predicted octanol–water partition coefficient (Wildman–Crippen LogP) is 3.11. The SMILES string of the molecule is CC(=O)Nc1ccc(CC(=O)NCc2ccccc2OC(F)F)cc1. The van der Waals surface area contributed by atoms with Gasteiger partial charge in [0, 0.05) is 24.7 Å². The Morgan fingerprint density at radius 2 is 1.76 bits per heavy atom. The highest BCUT2D eigenvalue weighted by atomic mass is 19.3. The number of halogens is 2. The van der Waals surface area contributed by atoms with Crippen LogP contribution in [0, 0.1) is 0 Å². The van der Waals surface area contributed by atoms with Gasteiger partial charge in [0.15, 0.2) is 0 Å². The summed E-state index contributed by atoms with van der Waals surface area (Å²) in [4.78, 5) is 23.0. The molecule has 2 amide bonds. The molecular weight excluding hydrogens is 330 g/mol. The van der Waals surface area contributed by atoms with E-state index in [9.17, 15) is 18.4 Å². The quantitative estimate of drug-likeness (QED) is 0.808. The Kier molecular flexibility index (Phi) is 6.45. The molecule has 2 N–H and O–H groups in total. The van der Waals surface area contributed by atoms with Crippen molar-refractivity contribution in [2.45, 2.75) is 26.5 Å². The number of hydrogen-bond donors (Lipinski definition) is 2. The molecule has 5 nitrogen and oxygen atoms in total. The molecule has 0 aromatic heterocycles. The highest BCUT2D eigenvalue weighted by Gasteiger charge is 2.10. The van der Waals surface area contributed by atoms with Crippen molar-refractivity contribution in [3.63, 3.8) is 0 Å². The van der Waals surface area contributed by atoms with E-state index < -0.39 is 6.61 Å². The van der Waals surface area contributed by atoms with Gasteiger partial charge in [0.1, 0.15) is 5.75 Å². The number of para-hydroxylation sites is 1. The summed E-state index contributed by atoms with van der Waals surface area (Å²) in [5.41, 5.74) is 1.88. The van der Waals surface area contributed by atoms with Gasteiger partial charge in [-0.3, -0.25) is 9.59 Å². The van der Waals surface area contributed by atoms with Gasteiger partial charge in [-0.05, 0) is 23.8 Å². The molecule has 0 saturated heterocycles. The third kappa shape index (κ3) is 6.21. The van der Waals surface area contributed by atoms with Crippen LogP contribution in [0.5, 0.6) is 5.75 Å². The van der Waals surface area contributed by atoms with Crippen molar-refractivity contribution in [2.24, 2.45) is 0 Å². The van der Waals surface area contributed by atoms with Gasteiger partial charge < -0.3 is 15.4 Å². The standard InChI is InChI=1S/C18H18F2N2O3/c1-12(23)22-15-8-6-13(7-9-15)10-17(24)21-11-14-4-2-3-5-16(14)25-18(19)20/h2-9,18H,10-11H2,1H3,(H,21,24)(H,22,23). The smallest absolute Gasteiger partial charge is 0.387 e. The lowest BCUT2D eigenvalue weighted by molar-refractivity contribution is -0.120. The fourth-order valence-electron chi connectivity index (χ4n) is 2.21. The summed E-state index contributed by atoms with van der Waals surface area (Å²) < 4.78 is 29.1. The second-order valence-corrected chi connectivity index (χ2v) is 5.32. The van der Waals surface area contributed by atoms with Crippen molar-refractivity contribution >= 4 is 17.5 Å². The molecule has 0 aliphatic heterocycles. The molecule has 2 aromatic carbocycles. The molecule has 0 aliphatic carbocycles. The van der Waals surface area contributed by atoms with Crippen LogP contribution in [-0.4, -0.2) is 18.4 Å². The van der Waals surface area contributed by atoms with E-state index in [1.54, 1.807) is 42.5 Å². The maximum atomic E-state index is 12.4. The number of anilines is 1. The zero-order valence-corrected chi connectivity index (χ0v) is 13.6. The molecule has 0 radical (unpaired) electrons. The number of carbonyl (C=O) groups is 2. The van der Waals surface area contributed by atoms with Gasteiger partial charge in [0.25, 0.3) is 0 Å². The highest BCUT2D eigenvalue weighted by molar-refractivity contribution is 5.88. The molecular formula is C18H18F2N2O3. The first-order chi connectivity index (χ1) is 11.9. The molecule has 25 heavy (non-hydrogen) atoms. The number of nitrogens with one attached hydrogen (secondary N) is 2. The largest absolute Gasteiger partial charge is 0.434 e. The van der Waals surface area contributed by atoms with Crippen LogP contribution in [0.2, 0.25) is 0 Å². The maximum absolute atomic E-state index is 12.4. The summed E-state index contributed by atoms with van der Waals surface area (Å²) in [5.74, 6) is -0.383. The Balaban J connectivity index is 1.90. The normalized spacial score (nSPS) is 10.4. The van der Waals surface area contributed by atoms with Crippen molar-refractivity contribution in [3.8, 4) is 5.75 Å². The molecule has 0 spiro atoms. The lowest BCUT2D eigenvalue weighted by Gasteiger charge is -2.11. The molecule has 7 heteroatoms. The van der Waals surface area contributed by atoms with Crippen molar-refractivity contribution in [3.05, 3.63) is 59.7 Å². The number of rotatable bonds is 7. The minimum Gasteiger partial charge on any atom is -0.434 e. The minimum absolute atomic E-state index is 0.0393. The van der Waals surface area contributed by atoms with Gasteiger partial charge in [-0.15, -0.1) is 0 Å².